The molecule has 0 unspecified atom stereocenters. The number of benzene rings is 2. The summed E-state index contributed by atoms with van der Waals surface area (Å²) in [5, 5.41) is 9.78. The monoisotopic (exact) mass is 338 g/mol. The number of piperazine rings is 1. The second-order valence-corrected chi connectivity index (χ2v) is 6.54. The number of carboxylic acid groups (broad SMARTS) is 1. The molecule has 0 bridgehead atoms. The van der Waals surface area contributed by atoms with E-state index in [4.69, 9.17) is 0 Å². The fraction of sp³-hybridized carbons (Fsp3) is 0.381. The molecule has 4 heteroatoms. The molecule has 0 radical (unpaired) electrons. The van der Waals surface area contributed by atoms with Crippen LogP contribution in [0.1, 0.15) is 18.1 Å². The lowest BCUT2D eigenvalue weighted by molar-refractivity contribution is -0.143. The van der Waals surface area contributed by atoms with Crippen LogP contribution in [0.2, 0.25) is 0 Å². The van der Waals surface area contributed by atoms with E-state index in [1.165, 1.54) is 11.3 Å². The van der Waals surface area contributed by atoms with Gasteiger partial charge in [-0.1, -0.05) is 49.4 Å². The highest BCUT2D eigenvalue weighted by atomic mass is 16.4. The van der Waals surface area contributed by atoms with Gasteiger partial charge in [-0.05, 0) is 36.1 Å². The molecule has 0 aliphatic carbocycles. The molecule has 1 heterocycles. The second kappa shape index (κ2) is 8.17. The van der Waals surface area contributed by atoms with Crippen LogP contribution in [-0.4, -0.2) is 48.2 Å². The van der Waals surface area contributed by atoms with Crippen molar-refractivity contribution < 1.29 is 9.90 Å². The molecule has 1 aliphatic heterocycles. The van der Waals surface area contributed by atoms with Crippen molar-refractivity contribution in [1.82, 2.24) is 4.90 Å². The zero-order chi connectivity index (χ0) is 17.6. The molecule has 0 aromatic heterocycles. The third-order valence-electron chi connectivity index (χ3n) is 5.07. The Morgan fingerprint density at radius 2 is 1.56 bits per heavy atom. The Balaban J connectivity index is 1.67. The van der Waals surface area contributed by atoms with E-state index in [2.05, 4.69) is 41.0 Å². The van der Waals surface area contributed by atoms with Gasteiger partial charge in [0.1, 0.15) is 6.04 Å². The number of hydrogen-bond acceptors (Lipinski definition) is 3. The van der Waals surface area contributed by atoms with Crippen LogP contribution in [0.4, 0.5) is 5.69 Å². The summed E-state index contributed by atoms with van der Waals surface area (Å²) in [6.07, 6.45) is 1.51. The normalized spacial score (nSPS) is 16.6. The van der Waals surface area contributed by atoms with Crippen LogP contribution in [0.3, 0.4) is 0 Å². The zero-order valence-electron chi connectivity index (χ0n) is 14.8. The summed E-state index contributed by atoms with van der Waals surface area (Å²) in [5.41, 5.74) is 3.62. The summed E-state index contributed by atoms with van der Waals surface area (Å²) in [4.78, 5) is 16.3. The SMILES string of the molecule is CCc1ccccc1C[C@@H](C(=O)O)N1CCN(c2ccccc2)CC1. The van der Waals surface area contributed by atoms with E-state index in [0.717, 1.165) is 38.2 Å². The molecular formula is C21H26N2O2. The molecule has 2 aromatic rings. The minimum Gasteiger partial charge on any atom is -0.480 e. The van der Waals surface area contributed by atoms with Crippen molar-refractivity contribution in [3.05, 3.63) is 65.7 Å². The van der Waals surface area contributed by atoms with Gasteiger partial charge in [-0.3, -0.25) is 9.69 Å². The third kappa shape index (κ3) is 4.20. The summed E-state index contributed by atoms with van der Waals surface area (Å²) >= 11 is 0. The highest BCUT2D eigenvalue weighted by molar-refractivity contribution is 5.74. The Kier molecular flexibility index (Phi) is 5.71. The van der Waals surface area contributed by atoms with Crippen LogP contribution in [-0.2, 0) is 17.6 Å². The molecule has 1 atom stereocenters. The molecule has 4 nitrogen and oxygen atoms in total. The first-order valence-electron chi connectivity index (χ1n) is 9.02. The first-order chi connectivity index (χ1) is 12.2. The lowest BCUT2D eigenvalue weighted by atomic mass is 9.97. The number of carboxylic acids is 1. The summed E-state index contributed by atoms with van der Waals surface area (Å²) in [5.74, 6) is -0.723. The molecule has 1 fully saturated rings. The number of nitrogens with zero attached hydrogens (tertiary/aromatic N) is 2. The fourth-order valence-corrected chi connectivity index (χ4v) is 3.61. The van der Waals surface area contributed by atoms with Crippen LogP contribution in [0.15, 0.2) is 54.6 Å². The molecule has 2 aromatic carbocycles. The topological polar surface area (TPSA) is 43.8 Å². The van der Waals surface area contributed by atoms with Crippen LogP contribution in [0.5, 0.6) is 0 Å². The molecule has 25 heavy (non-hydrogen) atoms. The van der Waals surface area contributed by atoms with Gasteiger partial charge in [0.25, 0.3) is 0 Å². The molecule has 0 spiro atoms. The Morgan fingerprint density at radius 3 is 2.16 bits per heavy atom. The molecule has 1 aliphatic rings. The minimum atomic E-state index is -0.723. The van der Waals surface area contributed by atoms with Gasteiger partial charge in [0.15, 0.2) is 0 Å². The molecular weight excluding hydrogens is 312 g/mol. The molecule has 1 saturated heterocycles. The van der Waals surface area contributed by atoms with Crippen molar-refractivity contribution in [1.29, 1.82) is 0 Å². The zero-order valence-corrected chi connectivity index (χ0v) is 14.8. The van der Waals surface area contributed by atoms with Gasteiger partial charge in [-0.25, -0.2) is 0 Å². The average molecular weight is 338 g/mol. The van der Waals surface area contributed by atoms with Crippen LogP contribution >= 0.6 is 0 Å². The van der Waals surface area contributed by atoms with Crippen LogP contribution < -0.4 is 4.90 Å². The number of carbonyl (C=O) groups is 1. The van der Waals surface area contributed by atoms with Gasteiger partial charge in [0, 0.05) is 31.9 Å². The Morgan fingerprint density at radius 1 is 0.960 bits per heavy atom. The van der Waals surface area contributed by atoms with E-state index in [-0.39, 0.29) is 0 Å². The quantitative estimate of drug-likeness (QED) is 0.879. The minimum absolute atomic E-state index is 0.453. The maximum atomic E-state index is 11.9. The second-order valence-electron chi connectivity index (χ2n) is 6.54. The lowest BCUT2D eigenvalue weighted by Gasteiger charge is -2.39. The lowest BCUT2D eigenvalue weighted by Crippen LogP contribution is -2.53. The summed E-state index contributed by atoms with van der Waals surface area (Å²) in [7, 11) is 0. The largest absolute Gasteiger partial charge is 0.480 e. The van der Waals surface area contributed by atoms with Gasteiger partial charge in [-0.2, -0.15) is 0 Å². The van der Waals surface area contributed by atoms with E-state index < -0.39 is 12.0 Å². The van der Waals surface area contributed by atoms with Gasteiger partial charge in [-0.15, -0.1) is 0 Å². The number of rotatable bonds is 6. The van der Waals surface area contributed by atoms with Crippen molar-refractivity contribution >= 4 is 11.7 Å². The van der Waals surface area contributed by atoms with Crippen molar-refractivity contribution in [3.8, 4) is 0 Å². The van der Waals surface area contributed by atoms with E-state index >= 15 is 0 Å². The summed E-state index contributed by atoms with van der Waals surface area (Å²) in [6.45, 7) is 5.40. The third-order valence-corrected chi connectivity index (χ3v) is 5.07. The van der Waals surface area contributed by atoms with E-state index in [1.54, 1.807) is 0 Å². The summed E-state index contributed by atoms with van der Waals surface area (Å²) in [6, 6.07) is 18.1. The van der Waals surface area contributed by atoms with Crippen molar-refractivity contribution in [2.75, 3.05) is 31.1 Å². The highest BCUT2D eigenvalue weighted by Crippen LogP contribution is 2.19. The predicted molar refractivity (Wildman–Crippen MR) is 101 cm³/mol. The maximum absolute atomic E-state index is 11.9. The molecule has 0 saturated carbocycles. The van der Waals surface area contributed by atoms with Crippen molar-refractivity contribution in [2.24, 2.45) is 0 Å². The number of hydrogen-bond donors (Lipinski definition) is 1. The van der Waals surface area contributed by atoms with E-state index in [0.29, 0.717) is 6.42 Å². The standard InChI is InChI=1S/C21H26N2O2/c1-2-17-8-6-7-9-18(17)16-20(21(24)25)23-14-12-22(13-15-23)19-10-4-3-5-11-19/h3-11,20H,2,12-16H2,1H3,(H,24,25)/t20-/m0/s1. The Bertz CT molecular complexity index is 694. The maximum Gasteiger partial charge on any atom is 0.321 e. The first-order valence-corrected chi connectivity index (χ1v) is 9.02. The first kappa shape index (κ1) is 17.5. The predicted octanol–water partition coefficient (Wildman–Crippen LogP) is 3.07. The van der Waals surface area contributed by atoms with Crippen LogP contribution in [0, 0.1) is 0 Å². The van der Waals surface area contributed by atoms with E-state index in [1.807, 2.05) is 30.3 Å². The Labute approximate surface area is 149 Å². The molecule has 1 N–H and O–H groups in total. The molecule has 0 amide bonds. The molecule has 132 valence electrons. The molecule has 3 rings (SSSR count). The number of para-hydroxylation sites is 1. The van der Waals surface area contributed by atoms with Gasteiger partial charge < -0.3 is 10.0 Å². The summed E-state index contributed by atoms with van der Waals surface area (Å²) < 4.78 is 0. The fourth-order valence-electron chi connectivity index (χ4n) is 3.61. The number of aryl methyl sites for hydroxylation is 1. The van der Waals surface area contributed by atoms with Gasteiger partial charge in [0.05, 0.1) is 0 Å². The average Bonchev–Trinajstić information content (AvgIpc) is 2.67. The van der Waals surface area contributed by atoms with Gasteiger partial charge >= 0.3 is 5.97 Å². The van der Waals surface area contributed by atoms with Crippen LogP contribution in [0.25, 0.3) is 0 Å². The van der Waals surface area contributed by atoms with Gasteiger partial charge in [0.2, 0.25) is 0 Å². The Hall–Kier alpha value is -2.33. The smallest absolute Gasteiger partial charge is 0.321 e. The van der Waals surface area contributed by atoms with Crippen molar-refractivity contribution in [2.45, 2.75) is 25.8 Å². The highest BCUT2D eigenvalue weighted by Gasteiger charge is 2.29. The number of anilines is 1. The van der Waals surface area contributed by atoms with E-state index in [9.17, 15) is 9.90 Å². The number of aliphatic carboxylic acids is 1. The van der Waals surface area contributed by atoms with Crippen molar-refractivity contribution in [3.63, 3.8) is 0 Å².